The van der Waals surface area contributed by atoms with E-state index >= 15 is 0 Å². The average molecular weight is 225 g/mol. The minimum atomic E-state index is 0. The zero-order chi connectivity index (χ0) is 10.1. The molecule has 0 aliphatic carbocycles. The van der Waals surface area contributed by atoms with Crippen molar-refractivity contribution < 1.29 is 21.6 Å². The first-order valence-corrected chi connectivity index (χ1v) is 4.45. The van der Waals surface area contributed by atoms with Crippen molar-refractivity contribution >= 4 is 0 Å². The molecule has 1 aromatic heterocycles. The number of oxazole rings is 1. The van der Waals surface area contributed by atoms with Crippen LogP contribution in [0.15, 0.2) is 34.7 Å². The van der Waals surface area contributed by atoms with Gasteiger partial charge in [0.2, 0.25) is 5.69 Å². The van der Waals surface area contributed by atoms with Gasteiger partial charge in [0, 0.05) is 13.8 Å². The van der Waals surface area contributed by atoms with Crippen LogP contribution in [0.25, 0.3) is 11.5 Å². The molecule has 1 aromatic carbocycles. The molecule has 15 heavy (non-hydrogen) atoms. The quantitative estimate of drug-likeness (QED) is 0.470. The first-order valence-electron chi connectivity index (χ1n) is 4.45. The summed E-state index contributed by atoms with van der Waals surface area (Å²) in [5.41, 5.74) is 1.42. The van der Waals surface area contributed by atoms with Gasteiger partial charge in [-0.05, 0) is 12.1 Å². The van der Waals surface area contributed by atoms with Crippen LogP contribution >= 0.6 is 0 Å². The number of benzene rings is 1. The van der Waals surface area contributed by atoms with E-state index in [2.05, 4.69) is 0 Å². The van der Waals surface area contributed by atoms with E-state index in [0.717, 1.165) is 10.3 Å². The molecule has 0 saturated carbocycles. The van der Waals surface area contributed by atoms with Gasteiger partial charge in [-0.15, -0.1) is 4.73 Å². The van der Waals surface area contributed by atoms with Crippen molar-refractivity contribution in [3.8, 4) is 11.5 Å². The summed E-state index contributed by atoms with van der Waals surface area (Å²) in [5.74, 6) is 1.03. The summed E-state index contributed by atoms with van der Waals surface area (Å²) in [6.45, 7) is 3.54. The summed E-state index contributed by atoms with van der Waals surface area (Å²) in [6.07, 6.45) is 0. The van der Waals surface area contributed by atoms with E-state index in [1.807, 2.05) is 30.3 Å². The van der Waals surface area contributed by atoms with Crippen LogP contribution in [0, 0.1) is 19.1 Å². The zero-order valence-electron chi connectivity index (χ0n) is 8.53. The third-order valence-electron chi connectivity index (χ3n) is 2.27. The second kappa shape index (κ2) is 4.36. The monoisotopic (exact) mass is 224 g/mol. The lowest BCUT2D eigenvalue weighted by Gasteiger charge is -1.96. The van der Waals surface area contributed by atoms with Crippen LogP contribution < -0.4 is 17.1 Å². The number of nitrogens with zero attached hydrogens (tertiary/aromatic N) is 1. The van der Waals surface area contributed by atoms with Gasteiger partial charge in [-0.3, -0.25) is 0 Å². The van der Waals surface area contributed by atoms with Crippen molar-refractivity contribution in [2.45, 2.75) is 13.8 Å². The second-order valence-electron chi connectivity index (χ2n) is 3.21. The molecule has 2 rings (SSSR count). The fourth-order valence-electron chi connectivity index (χ4n) is 1.31. The molecule has 0 N–H and O–H groups in total. The molecule has 0 fully saturated rings. The van der Waals surface area contributed by atoms with Crippen molar-refractivity contribution in [1.29, 1.82) is 0 Å². The summed E-state index contributed by atoms with van der Waals surface area (Å²) >= 11 is 0. The number of hydrogen-bond acceptors (Lipinski definition) is 2. The summed E-state index contributed by atoms with van der Waals surface area (Å²) in [5, 5.41) is 11.6. The maximum Gasteiger partial charge on any atom is 0.392 e. The molecule has 0 bridgehead atoms. The highest BCUT2D eigenvalue weighted by molar-refractivity contribution is 5.50. The molecule has 0 amide bonds. The Morgan fingerprint density at radius 1 is 1.13 bits per heavy atom. The van der Waals surface area contributed by atoms with Crippen molar-refractivity contribution in [2.75, 3.05) is 0 Å². The van der Waals surface area contributed by atoms with Crippen molar-refractivity contribution in [3.63, 3.8) is 0 Å². The van der Waals surface area contributed by atoms with Gasteiger partial charge in [-0.2, -0.15) is 0 Å². The molecular weight excluding hydrogens is 214 g/mol. The Labute approximate surface area is 94.3 Å². The van der Waals surface area contributed by atoms with E-state index in [1.165, 1.54) is 0 Å². The number of halogens is 1. The fourth-order valence-corrected chi connectivity index (χ4v) is 1.31. The number of aromatic nitrogens is 1. The molecule has 3 nitrogen and oxygen atoms in total. The standard InChI is InChI=1S/C11H11NO2.ClH/c1-8-9(2)14-11(12(8)13)10-6-4-3-5-7-10;/h3-7H,1-2H3;1H/p-1. The Kier molecular flexibility index (Phi) is 3.37. The molecule has 0 unspecified atom stereocenters. The molecule has 2 aromatic rings. The van der Waals surface area contributed by atoms with Crippen molar-refractivity contribution in [2.24, 2.45) is 0 Å². The smallest absolute Gasteiger partial charge is 0.392 e. The molecule has 0 aliphatic rings. The summed E-state index contributed by atoms with van der Waals surface area (Å²) in [7, 11) is 0. The Bertz CT molecular complexity index is 451. The minimum Gasteiger partial charge on any atom is -1.00 e. The van der Waals surface area contributed by atoms with E-state index < -0.39 is 0 Å². The highest BCUT2D eigenvalue weighted by atomic mass is 35.5. The van der Waals surface area contributed by atoms with Gasteiger partial charge in [-0.25, -0.2) is 0 Å². The van der Waals surface area contributed by atoms with Crippen LogP contribution in [-0.4, -0.2) is 0 Å². The van der Waals surface area contributed by atoms with Gasteiger partial charge >= 0.3 is 5.89 Å². The largest absolute Gasteiger partial charge is 1.00 e. The third-order valence-corrected chi connectivity index (χ3v) is 2.27. The van der Waals surface area contributed by atoms with Crippen molar-refractivity contribution in [1.82, 2.24) is 0 Å². The maximum absolute atomic E-state index is 11.6. The first-order chi connectivity index (χ1) is 6.70. The second-order valence-corrected chi connectivity index (χ2v) is 3.21. The Morgan fingerprint density at radius 3 is 2.20 bits per heavy atom. The number of aryl methyl sites for hydroxylation is 1. The van der Waals surface area contributed by atoms with Crippen molar-refractivity contribution in [3.05, 3.63) is 47.0 Å². The van der Waals surface area contributed by atoms with E-state index in [0.29, 0.717) is 17.3 Å². The van der Waals surface area contributed by atoms with Gasteiger partial charge < -0.3 is 22.0 Å². The van der Waals surface area contributed by atoms with Crippen LogP contribution in [0.5, 0.6) is 0 Å². The molecule has 80 valence electrons. The summed E-state index contributed by atoms with van der Waals surface area (Å²) in [6, 6.07) is 9.37. The molecule has 0 atom stereocenters. The van der Waals surface area contributed by atoms with E-state index in [1.54, 1.807) is 13.8 Å². The van der Waals surface area contributed by atoms with Crippen LogP contribution in [0.4, 0.5) is 0 Å². The highest BCUT2D eigenvalue weighted by Crippen LogP contribution is 2.18. The predicted molar refractivity (Wildman–Crippen MR) is 52.6 cm³/mol. The SMILES string of the molecule is Cc1oc(-c2ccccc2)[n+]([O-])c1C.[Cl-]. The van der Waals surface area contributed by atoms with Gasteiger partial charge in [0.25, 0.3) is 0 Å². The Hall–Kier alpha value is -1.48. The minimum absolute atomic E-state index is 0. The number of rotatable bonds is 1. The van der Waals surface area contributed by atoms with Crippen LogP contribution in [0.1, 0.15) is 11.5 Å². The van der Waals surface area contributed by atoms with E-state index in [9.17, 15) is 5.21 Å². The van der Waals surface area contributed by atoms with E-state index in [4.69, 9.17) is 4.42 Å². The average Bonchev–Trinajstić information content (AvgIpc) is 2.47. The molecule has 0 radical (unpaired) electrons. The lowest BCUT2D eigenvalue weighted by atomic mass is 10.2. The molecule has 4 heteroatoms. The summed E-state index contributed by atoms with van der Waals surface area (Å²) < 4.78 is 6.21. The predicted octanol–water partition coefficient (Wildman–Crippen LogP) is -0.799. The Morgan fingerprint density at radius 2 is 1.73 bits per heavy atom. The maximum atomic E-state index is 11.6. The molecule has 0 aliphatic heterocycles. The fraction of sp³-hybridized carbons (Fsp3) is 0.182. The normalized spacial score (nSPS) is 9.73. The highest BCUT2D eigenvalue weighted by Gasteiger charge is 2.19. The molecule has 0 saturated heterocycles. The van der Waals surface area contributed by atoms with Gasteiger partial charge in [0.1, 0.15) is 0 Å². The van der Waals surface area contributed by atoms with Crippen LogP contribution in [-0.2, 0) is 0 Å². The lowest BCUT2D eigenvalue weighted by Crippen LogP contribution is -3.00. The zero-order valence-corrected chi connectivity index (χ0v) is 9.28. The van der Waals surface area contributed by atoms with Gasteiger partial charge in [0.15, 0.2) is 5.76 Å². The van der Waals surface area contributed by atoms with Gasteiger partial charge in [0.05, 0.1) is 5.56 Å². The lowest BCUT2D eigenvalue weighted by molar-refractivity contribution is -0.602. The molecule has 1 heterocycles. The van der Waals surface area contributed by atoms with Crippen LogP contribution in [0.3, 0.4) is 0 Å². The van der Waals surface area contributed by atoms with Crippen LogP contribution in [0.2, 0.25) is 0 Å². The summed E-state index contributed by atoms with van der Waals surface area (Å²) in [4.78, 5) is 0. The topological polar surface area (TPSA) is 40.1 Å². The molecular formula is C11H11ClNO2-. The molecule has 0 spiro atoms. The van der Waals surface area contributed by atoms with Gasteiger partial charge in [-0.1, -0.05) is 18.2 Å². The first kappa shape index (κ1) is 11.6. The third kappa shape index (κ3) is 1.97. The number of hydrogen-bond donors (Lipinski definition) is 0. The van der Waals surface area contributed by atoms with E-state index in [-0.39, 0.29) is 12.4 Å². The Balaban J connectivity index is 0.00000112.